The maximum absolute atomic E-state index is 12.4. The SMILES string of the molecule is CSc1ncc(CNC(=O)[C@@H]2CC(=O)N(Cc3ccccn3)C2)n1C. The van der Waals surface area contributed by atoms with Crippen molar-refractivity contribution in [1.29, 1.82) is 0 Å². The first kappa shape index (κ1) is 17.5. The van der Waals surface area contributed by atoms with Gasteiger partial charge < -0.3 is 14.8 Å². The Morgan fingerprint density at radius 2 is 2.24 bits per heavy atom. The van der Waals surface area contributed by atoms with Crippen molar-refractivity contribution < 1.29 is 9.59 Å². The molecule has 1 aliphatic rings. The number of rotatable bonds is 6. The van der Waals surface area contributed by atoms with E-state index in [4.69, 9.17) is 0 Å². The highest BCUT2D eigenvalue weighted by Crippen LogP contribution is 2.20. The highest BCUT2D eigenvalue weighted by Gasteiger charge is 2.34. The molecule has 1 atom stereocenters. The third-order valence-electron chi connectivity index (χ3n) is 4.33. The van der Waals surface area contributed by atoms with Crippen LogP contribution in [-0.4, -0.2) is 44.0 Å². The van der Waals surface area contributed by atoms with Crippen molar-refractivity contribution in [2.75, 3.05) is 12.8 Å². The number of nitrogens with zero attached hydrogens (tertiary/aromatic N) is 4. The van der Waals surface area contributed by atoms with Crippen molar-refractivity contribution in [2.45, 2.75) is 24.7 Å². The molecule has 0 aliphatic carbocycles. The van der Waals surface area contributed by atoms with E-state index >= 15 is 0 Å². The number of aromatic nitrogens is 3. The number of pyridine rings is 1. The first-order valence-corrected chi connectivity index (χ1v) is 9.31. The van der Waals surface area contributed by atoms with Crippen LogP contribution in [0, 0.1) is 5.92 Å². The van der Waals surface area contributed by atoms with Crippen LogP contribution < -0.4 is 5.32 Å². The zero-order chi connectivity index (χ0) is 17.8. The molecule has 1 N–H and O–H groups in total. The lowest BCUT2D eigenvalue weighted by Crippen LogP contribution is -2.33. The highest BCUT2D eigenvalue weighted by molar-refractivity contribution is 7.98. The Hall–Kier alpha value is -2.35. The second kappa shape index (κ2) is 7.69. The van der Waals surface area contributed by atoms with E-state index < -0.39 is 0 Å². The number of carbonyl (C=O) groups excluding carboxylic acids is 2. The van der Waals surface area contributed by atoms with Crippen LogP contribution in [0.2, 0.25) is 0 Å². The number of likely N-dealkylation sites (tertiary alicyclic amines) is 1. The summed E-state index contributed by atoms with van der Waals surface area (Å²) in [6.45, 7) is 1.29. The molecular weight excluding hydrogens is 338 g/mol. The summed E-state index contributed by atoms with van der Waals surface area (Å²) in [4.78, 5) is 34.8. The van der Waals surface area contributed by atoms with Gasteiger partial charge in [-0.2, -0.15) is 0 Å². The third-order valence-corrected chi connectivity index (χ3v) is 5.08. The lowest BCUT2D eigenvalue weighted by atomic mass is 10.1. The lowest BCUT2D eigenvalue weighted by molar-refractivity contribution is -0.129. The lowest BCUT2D eigenvalue weighted by Gasteiger charge is -2.16. The predicted octanol–water partition coefficient (Wildman–Crippen LogP) is 1.20. The van der Waals surface area contributed by atoms with E-state index in [1.807, 2.05) is 36.1 Å². The number of amides is 2. The summed E-state index contributed by atoms with van der Waals surface area (Å²) in [5.74, 6) is -0.413. The molecule has 0 radical (unpaired) electrons. The topological polar surface area (TPSA) is 80.1 Å². The van der Waals surface area contributed by atoms with Crippen molar-refractivity contribution in [3.8, 4) is 0 Å². The van der Waals surface area contributed by atoms with Crippen LogP contribution in [0.25, 0.3) is 0 Å². The normalized spacial score (nSPS) is 17.1. The summed E-state index contributed by atoms with van der Waals surface area (Å²) in [6.07, 6.45) is 5.68. The second-order valence-electron chi connectivity index (χ2n) is 6.01. The molecule has 132 valence electrons. The van der Waals surface area contributed by atoms with E-state index in [9.17, 15) is 9.59 Å². The van der Waals surface area contributed by atoms with Crippen LogP contribution in [-0.2, 0) is 29.7 Å². The van der Waals surface area contributed by atoms with Crippen molar-refractivity contribution in [2.24, 2.45) is 13.0 Å². The fourth-order valence-electron chi connectivity index (χ4n) is 2.89. The van der Waals surface area contributed by atoms with Gasteiger partial charge in [-0.15, -0.1) is 0 Å². The first-order valence-electron chi connectivity index (χ1n) is 8.08. The summed E-state index contributed by atoms with van der Waals surface area (Å²) in [6, 6.07) is 5.61. The van der Waals surface area contributed by atoms with Gasteiger partial charge in [0.05, 0.1) is 36.6 Å². The van der Waals surface area contributed by atoms with Gasteiger partial charge in [-0.3, -0.25) is 14.6 Å². The van der Waals surface area contributed by atoms with Crippen LogP contribution >= 0.6 is 11.8 Å². The molecule has 0 spiro atoms. The largest absolute Gasteiger partial charge is 0.350 e. The first-order chi connectivity index (χ1) is 12.1. The maximum Gasteiger partial charge on any atom is 0.225 e. The molecule has 25 heavy (non-hydrogen) atoms. The van der Waals surface area contributed by atoms with E-state index in [2.05, 4.69) is 15.3 Å². The minimum atomic E-state index is -0.315. The molecule has 3 heterocycles. The van der Waals surface area contributed by atoms with E-state index in [-0.39, 0.29) is 24.2 Å². The standard InChI is InChI=1S/C17H21N5O2S/c1-21-14(9-20-17(21)25-2)8-19-16(24)12-7-15(23)22(10-12)11-13-5-3-4-6-18-13/h3-6,9,12H,7-8,10-11H2,1-2H3,(H,19,24)/t12-/m1/s1. The fourth-order valence-corrected chi connectivity index (χ4v) is 3.44. The van der Waals surface area contributed by atoms with Gasteiger partial charge in [0.1, 0.15) is 0 Å². The molecule has 3 rings (SSSR count). The molecule has 1 fully saturated rings. The van der Waals surface area contributed by atoms with Crippen LogP contribution in [0.4, 0.5) is 0 Å². The molecule has 7 nitrogen and oxygen atoms in total. The summed E-state index contributed by atoms with van der Waals surface area (Å²) in [5, 5.41) is 3.83. The molecule has 2 aromatic heterocycles. The Bertz CT molecular complexity index is 762. The summed E-state index contributed by atoms with van der Waals surface area (Å²) in [7, 11) is 1.92. The molecule has 1 aliphatic heterocycles. The van der Waals surface area contributed by atoms with Crippen LogP contribution in [0.5, 0.6) is 0 Å². The Labute approximate surface area is 150 Å². The van der Waals surface area contributed by atoms with Crippen molar-refractivity contribution in [3.63, 3.8) is 0 Å². The van der Waals surface area contributed by atoms with Gasteiger partial charge >= 0.3 is 0 Å². The van der Waals surface area contributed by atoms with Gasteiger partial charge in [0.25, 0.3) is 0 Å². The highest BCUT2D eigenvalue weighted by atomic mass is 32.2. The molecule has 8 heteroatoms. The van der Waals surface area contributed by atoms with Crippen LogP contribution in [0.1, 0.15) is 17.8 Å². The van der Waals surface area contributed by atoms with Crippen molar-refractivity contribution in [1.82, 2.24) is 24.8 Å². The Balaban J connectivity index is 1.54. The third kappa shape index (κ3) is 4.01. The molecule has 2 aromatic rings. The van der Waals surface area contributed by atoms with Crippen molar-refractivity contribution >= 4 is 23.6 Å². The molecular formula is C17H21N5O2S. The van der Waals surface area contributed by atoms with E-state index in [1.165, 1.54) is 0 Å². The minimum absolute atomic E-state index is 0.00370. The van der Waals surface area contributed by atoms with Crippen LogP contribution in [0.15, 0.2) is 35.7 Å². The molecule has 2 amide bonds. The average molecular weight is 359 g/mol. The number of imidazole rings is 1. The number of hydrogen-bond donors (Lipinski definition) is 1. The van der Waals surface area contributed by atoms with Crippen LogP contribution in [0.3, 0.4) is 0 Å². The minimum Gasteiger partial charge on any atom is -0.350 e. The molecule has 0 unspecified atom stereocenters. The van der Waals surface area contributed by atoms with Gasteiger partial charge in [0.15, 0.2) is 5.16 Å². The number of hydrogen-bond acceptors (Lipinski definition) is 5. The summed E-state index contributed by atoms with van der Waals surface area (Å²) in [5.41, 5.74) is 1.77. The van der Waals surface area contributed by atoms with E-state index in [0.29, 0.717) is 19.6 Å². The Kier molecular flexibility index (Phi) is 5.37. The Morgan fingerprint density at radius 1 is 1.40 bits per heavy atom. The second-order valence-corrected chi connectivity index (χ2v) is 6.78. The van der Waals surface area contributed by atoms with Crippen molar-refractivity contribution in [3.05, 3.63) is 42.0 Å². The predicted molar refractivity (Wildman–Crippen MR) is 94.6 cm³/mol. The van der Waals surface area contributed by atoms with Gasteiger partial charge in [0.2, 0.25) is 11.8 Å². The smallest absolute Gasteiger partial charge is 0.225 e. The van der Waals surface area contributed by atoms with E-state index in [0.717, 1.165) is 16.5 Å². The fraction of sp³-hybridized carbons (Fsp3) is 0.412. The van der Waals surface area contributed by atoms with Gasteiger partial charge in [-0.1, -0.05) is 17.8 Å². The number of carbonyl (C=O) groups is 2. The number of thioether (sulfide) groups is 1. The molecule has 0 aromatic carbocycles. The quantitative estimate of drug-likeness (QED) is 0.784. The van der Waals surface area contributed by atoms with Gasteiger partial charge in [-0.05, 0) is 18.4 Å². The zero-order valence-corrected chi connectivity index (χ0v) is 15.1. The van der Waals surface area contributed by atoms with E-state index in [1.54, 1.807) is 29.1 Å². The maximum atomic E-state index is 12.4. The molecule has 0 saturated carbocycles. The Morgan fingerprint density at radius 3 is 2.92 bits per heavy atom. The summed E-state index contributed by atoms with van der Waals surface area (Å²) >= 11 is 1.56. The average Bonchev–Trinajstić information content (AvgIpc) is 3.16. The molecule has 1 saturated heterocycles. The zero-order valence-electron chi connectivity index (χ0n) is 14.3. The monoisotopic (exact) mass is 359 g/mol. The molecule has 0 bridgehead atoms. The van der Waals surface area contributed by atoms with Gasteiger partial charge in [0, 0.05) is 26.2 Å². The number of nitrogens with one attached hydrogen (secondary N) is 1. The summed E-state index contributed by atoms with van der Waals surface area (Å²) < 4.78 is 1.96. The van der Waals surface area contributed by atoms with Gasteiger partial charge in [-0.25, -0.2) is 4.98 Å².